The number of ether oxygens (including phenoxy) is 1. The van der Waals surface area contributed by atoms with E-state index in [-0.39, 0.29) is 12.4 Å². The van der Waals surface area contributed by atoms with Gasteiger partial charge < -0.3 is 9.64 Å². The number of nitrogens with zero attached hydrogens (tertiary/aromatic N) is 2. The molecule has 3 aromatic rings. The van der Waals surface area contributed by atoms with Gasteiger partial charge in [0, 0.05) is 30.7 Å². The second-order valence-corrected chi connectivity index (χ2v) is 5.79. The third-order valence-electron chi connectivity index (χ3n) is 3.98. The molecule has 1 aromatic heterocycles. The molecule has 1 heterocycles. The SMILES string of the molecule is CN(Cc1ccccc1F)C(=O)COC(=O)c1cccc2ncccc12. The summed E-state index contributed by atoms with van der Waals surface area (Å²) in [7, 11) is 1.53. The first-order chi connectivity index (χ1) is 12.6. The topological polar surface area (TPSA) is 59.5 Å². The highest BCUT2D eigenvalue weighted by Gasteiger charge is 2.16. The van der Waals surface area contributed by atoms with Crippen LogP contribution in [0, 0.1) is 5.82 Å². The number of pyridine rings is 1. The lowest BCUT2D eigenvalue weighted by molar-refractivity contribution is -0.133. The number of benzene rings is 2. The Bertz CT molecular complexity index is 953. The number of rotatable bonds is 5. The molecular weight excluding hydrogens is 335 g/mol. The van der Waals surface area contributed by atoms with Crippen LogP contribution in [-0.2, 0) is 16.1 Å². The molecule has 0 fully saturated rings. The molecule has 0 saturated heterocycles. The fourth-order valence-electron chi connectivity index (χ4n) is 2.57. The average Bonchev–Trinajstić information content (AvgIpc) is 2.67. The van der Waals surface area contributed by atoms with Crippen LogP contribution in [0.3, 0.4) is 0 Å². The molecule has 1 amide bonds. The fraction of sp³-hybridized carbons (Fsp3) is 0.150. The third-order valence-corrected chi connectivity index (χ3v) is 3.98. The van der Waals surface area contributed by atoms with Gasteiger partial charge in [-0.25, -0.2) is 9.18 Å². The standard InChI is InChI=1S/C20H17FN2O3/c1-23(12-14-6-2-3-9-17(14)21)19(24)13-26-20(25)16-7-4-10-18-15(16)8-5-11-22-18/h2-11H,12-13H2,1H3. The monoisotopic (exact) mass is 352 g/mol. The molecule has 0 N–H and O–H groups in total. The lowest BCUT2D eigenvalue weighted by Gasteiger charge is -2.17. The predicted molar refractivity (Wildman–Crippen MR) is 94.9 cm³/mol. The molecule has 26 heavy (non-hydrogen) atoms. The highest BCUT2D eigenvalue weighted by molar-refractivity contribution is 6.03. The number of likely N-dealkylation sites (N-methyl/N-ethyl adjacent to an activating group) is 1. The minimum absolute atomic E-state index is 0.0985. The van der Waals surface area contributed by atoms with Gasteiger partial charge in [-0.15, -0.1) is 0 Å². The summed E-state index contributed by atoms with van der Waals surface area (Å²) in [5, 5.41) is 0.659. The van der Waals surface area contributed by atoms with E-state index in [4.69, 9.17) is 4.74 Å². The number of halogens is 1. The number of carbonyl (C=O) groups is 2. The van der Waals surface area contributed by atoms with Gasteiger partial charge >= 0.3 is 5.97 Å². The van der Waals surface area contributed by atoms with Gasteiger partial charge in [-0.1, -0.05) is 30.3 Å². The predicted octanol–water partition coefficient (Wildman–Crippen LogP) is 3.19. The zero-order valence-corrected chi connectivity index (χ0v) is 14.2. The number of aromatic nitrogens is 1. The minimum atomic E-state index is -0.601. The first kappa shape index (κ1) is 17.5. The molecule has 0 aliphatic rings. The fourth-order valence-corrected chi connectivity index (χ4v) is 2.57. The van der Waals surface area contributed by atoms with E-state index in [9.17, 15) is 14.0 Å². The van der Waals surface area contributed by atoms with Gasteiger partial charge in [0.15, 0.2) is 6.61 Å². The Morgan fingerprint density at radius 1 is 1.08 bits per heavy atom. The van der Waals surface area contributed by atoms with Crippen molar-refractivity contribution < 1.29 is 18.7 Å². The summed E-state index contributed by atoms with van der Waals surface area (Å²) in [6.45, 7) is -0.318. The molecule has 2 aromatic carbocycles. The highest BCUT2D eigenvalue weighted by atomic mass is 19.1. The van der Waals surface area contributed by atoms with E-state index in [1.54, 1.807) is 54.7 Å². The largest absolute Gasteiger partial charge is 0.452 e. The zero-order chi connectivity index (χ0) is 18.5. The molecule has 0 bridgehead atoms. The van der Waals surface area contributed by atoms with Gasteiger partial charge in [-0.2, -0.15) is 0 Å². The van der Waals surface area contributed by atoms with E-state index in [0.717, 1.165) is 0 Å². The number of fused-ring (bicyclic) bond motifs is 1. The lowest BCUT2D eigenvalue weighted by atomic mass is 10.1. The van der Waals surface area contributed by atoms with Gasteiger partial charge in [0.1, 0.15) is 5.82 Å². The van der Waals surface area contributed by atoms with Crippen molar-refractivity contribution in [3.8, 4) is 0 Å². The second kappa shape index (κ2) is 7.74. The minimum Gasteiger partial charge on any atom is -0.452 e. The van der Waals surface area contributed by atoms with Crippen LogP contribution in [-0.4, -0.2) is 35.4 Å². The molecule has 0 aliphatic heterocycles. The van der Waals surface area contributed by atoms with Crippen molar-refractivity contribution in [2.24, 2.45) is 0 Å². The van der Waals surface area contributed by atoms with Gasteiger partial charge in [0.2, 0.25) is 0 Å². The molecule has 0 atom stereocenters. The zero-order valence-electron chi connectivity index (χ0n) is 14.2. The molecule has 0 unspecified atom stereocenters. The number of amides is 1. The van der Waals surface area contributed by atoms with E-state index in [1.807, 2.05) is 0 Å². The Labute approximate surface area is 150 Å². The molecule has 6 heteroatoms. The molecule has 3 rings (SSSR count). The van der Waals surface area contributed by atoms with Gasteiger partial charge in [-0.3, -0.25) is 9.78 Å². The van der Waals surface area contributed by atoms with Crippen LogP contribution in [0.15, 0.2) is 60.8 Å². The Balaban J connectivity index is 1.63. The molecule has 132 valence electrons. The van der Waals surface area contributed by atoms with Gasteiger partial charge in [-0.05, 0) is 24.3 Å². The van der Waals surface area contributed by atoms with E-state index in [1.165, 1.54) is 18.0 Å². The Morgan fingerprint density at radius 2 is 1.88 bits per heavy atom. The molecule has 0 saturated carbocycles. The van der Waals surface area contributed by atoms with E-state index in [0.29, 0.717) is 22.0 Å². The van der Waals surface area contributed by atoms with Crippen LogP contribution in [0.1, 0.15) is 15.9 Å². The van der Waals surface area contributed by atoms with E-state index < -0.39 is 18.5 Å². The first-order valence-corrected chi connectivity index (χ1v) is 8.04. The van der Waals surface area contributed by atoms with Crippen LogP contribution < -0.4 is 0 Å². The van der Waals surface area contributed by atoms with Crippen molar-refractivity contribution in [3.05, 3.63) is 77.7 Å². The Hall–Kier alpha value is -3.28. The average molecular weight is 352 g/mol. The van der Waals surface area contributed by atoms with Crippen LogP contribution in [0.2, 0.25) is 0 Å². The molecule has 5 nitrogen and oxygen atoms in total. The summed E-state index contributed by atoms with van der Waals surface area (Å²) in [5.41, 5.74) is 1.42. The molecule has 0 aliphatic carbocycles. The summed E-state index contributed by atoms with van der Waals surface area (Å²) < 4.78 is 18.8. The highest BCUT2D eigenvalue weighted by Crippen LogP contribution is 2.17. The van der Waals surface area contributed by atoms with Crippen LogP contribution in [0.25, 0.3) is 10.9 Å². The maximum Gasteiger partial charge on any atom is 0.339 e. The van der Waals surface area contributed by atoms with Crippen LogP contribution in [0.5, 0.6) is 0 Å². The summed E-state index contributed by atoms with van der Waals surface area (Å²) in [4.78, 5) is 30.0. The maximum absolute atomic E-state index is 13.7. The number of carbonyl (C=O) groups excluding carboxylic acids is 2. The summed E-state index contributed by atoms with van der Waals surface area (Å²) in [6.07, 6.45) is 1.64. The Kier molecular flexibility index (Phi) is 5.22. The summed E-state index contributed by atoms with van der Waals surface area (Å²) in [5.74, 6) is -1.40. The van der Waals surface area contributed by atoms with Gasteiger partial charge in [0.05, 0.1) is 11.1 Å². The quantitative estimate of drug-likeness (QED) is 0.662. The van der Waals surface area contributed by atoms with Crippen molar-refractivity contribution in [1.82, 2.24) is 9.88 Å². The molecule has 0 radical (unpaired) electrons. The van der Waals surface area contributed by atoms with Crippen molar-refractivity contribution in [2.75, 3.05) is 13.7 Å². The molecule has 0 spiro atoms. The smallest absolute Gasteiger partial charge is 0.339 e. The van der Waals surface area contributed by atoms with Crippen molar-refractivity contribution in [1.29, 1.82) is 0 Å². The summed E-state index contributed by atoms with van der Waals surface area (Å²) >= 11 is 0. The summed E-state index contributed by atoms with van der Waals surface area (Å²) in [6, 6.07) is 14.8. The van der Waals surface area contributed by atoms with Crippen molar-refractivity contribution in [3.63, 3.8) is 0 Å². The number of hydrogen-bond donors (Lipinski definition) is 0. The maximum atomic E-state index is 13.7. The second-order valence-electron chi connectivity index (χ2n) is 5.79. The Morgan fingerprint density at radius 3 is 2.69 bits per heavy atom. The van der Waals surface area contributed by atoms with Crippen LogP contribution >= 0.6 is 0 Å². The van der Waals surface area contributed by atoms with E-state index >= 15 is 0 Å². The van der Waals surface area contributed by atoms with Crippen molar-refractivity contribution in [2.45, 2.75) is 6.54 Å². The van der Waals surface area contributed by atoms with Crippen LogP contribution in [0.4, 0.5) is 4.39 Å². The van der Waals surface area contributed by atoms with Gasteiger partial charge in [0.25, 0.3) is 5.91 Å². The number of esters is 1. The lowest BCUT2D eigenvalue weighted by Crippen LogP contribution is -2.31. The molecular formula is C20H17FN2O3. The normalized spacial score (nSPS) is 10.5. The number of hydrogen-bond acceptors (Lipinski definition) is 4. The van der Waals surface area contributed by atoms with Crippen molar-refractivity contribution >= 4 is 22.8 Å². The first-order valence-electron chi connectivity index (χ1n) is 8.04. The third kappa shape index (κ3) is 3.85. The van der Waals surface area contributed by atoms with E-state index in [2.05, 4.69) is 4.98 Å².